The molecule has 3 rings (SSSR count). The van der Waals surface area contributed by atoms with Crippen LogP contribution in [0, 0.1) is 0 Å². The first-order chi connectivity index (χ1) is 13.0. The van der Waals surface area contributed by atoms with E-state index in [4.69, 9.17) is 11.6 Å². The van der Waals surface area contributed by atoms with Crippen LogP contribution < -0.4 is 5.32 Å². The Hall–Kier alpha value is -2.63. The first kappa shape index (κ1) is 19.1. The smallest absolute Gasteiger partial charge is 0.265 e. The zero-order valence-electron chi connectivity index (χ0n) is 15.0. The second-order valence-corrected chi connectivity index (χ2v) is 7.54. The number of carbonyl (C=O) groups excluding carboxylic acids is 2. The van der Waals surface area contributed by atoms with Crippen molar-refractivity contribution in [3.63, 3.8) is 0 Å². The number of rotatable bonds is 5. The molecule has 0 saturated carbocycles. The van der Waals surface area contributed by atoms with Crippen molar-refractivity contribution in [1.82, 2.24) is 4.90 Å². The number of hydrogen-bond acceptors (Lipinski definition) is 3. The van der Waals surface area contributed by atoms with Crippen LogP contribution in [0.15, 0.2) is 66.0 Å². The highest BCUT2D eigenvalue weighted by Crippen LogP contribution is 2.24. The van der Waals surface area contributed by atoms with Gasteiger partial charge < -0.3 is 10.2 Å². The summed E-state index contributed by atoms with van der Waals surface area (Å²) in [5.74, 6) is -0.315. The third-order valence-electron chi connectivity index (χ3n) is 4.34. The monoisotopic (exact) mass is 398 g/mol. The molecule has 0 aliphatic rings. The molecule has 0 aliphatic heterocycles. The van der Waals surface area contributed by atoms with Crippen molar-refractivity contribution in [3.05, 3.63) is 87.1 Å². The summed E-state index contributed by atoms with van der Waals surface area (Å²) in [6.07, 6.45) is 0. The molecule has 2 amide bonds. The summed E-state index contributed by atoms with van der Waals surface area (Å²) in [6.45, 7) is 1.95. The summed E-state index contributed by atoms with van der Waals surface area (Å²) in [7, 11) is 1.75. The Labute approximate surface area is 167 Å². The Morgan fingerprint density at radius 3 is 2.56 bits per heavy atom. The third kappa shape index (κ3) is 4.56. The molecule has 1 aromatic heterocycles. The lowest BCUT2D eigenvalue weighted by molar-refractivity contribution is 0.0742. The highest BCUT2D eigenvalue weighted by atomic mass is 35.5. The van der Waals surface area contributed by atoms with E-state index < -0.39 is 0 Å². The van der Waals surface area contributed by atoms with Gasteiger partial charge in [-0.25, -0.2) is 0 Å². The van der Waals surface area contributed by atoms with Crippen molar-refractivity contribution in [3.8, 4) is 0 Å². The zero-order valence-corrected chi connectivity index (χ0v) is 16.6. The number of halogens is 1. The molecule has 0 spiro atoms. The van der Waals surface area contributed by atoms with Crippen LogP contribution in [0.3, 0.4) is 0 Å². The second-order valence-electron chi connectivity index (χ2n) is 6.16. The number of anilines is 1. The molecule has 1 unspecified atom stereocenters. The Morgan fingerprint density at radius 2 is 1.85 bits per heavy atom. The van der Waals surface area contributed by atoms with Crippen molar-refractivity contribution in [2.45, 2.75) is 13.0 Å². The van der Waals surface area contributed by atoms with Crippen LogP contribution in [0.2, 0.25) is 5.02 Å². The molecule has 0 radical (unpaired) electrons. The van der Waals surface area contributed by atoms with Crippen LogP contribution in [0.4, 0.5) is 5.69 Å². The number of nitrogens with zero attached hydrogens (tertiary/aromatic N) is 1. The first-order valence-electron chi connectivity index (χ1n) is 8.43. The third-order valence-corrected chi connectivity index (χ3v) is 5.45. The minimum Gasteiger partial charge on any atom is -0.335 e. The van der Waals surface area contributed by atoms with Gasteiger partial charge >= 0.3 is 0 Å². The number of hydrogen-bond donors (Lipinski definition) is 1. The van der Waals surface area contributed by atoms with Crippen molar-refractivity contribution in [1.29, 1.82) is 0 Å². The van der Waals surface area contributed by atoms with Gasteiger partial charge in [0.05, 0.1) is 10.9 Å². The molecule has 6 heteroatoms. The van der Waals surface area contributed by atoms with Crippen LogP contribution in [0.25, 0.3) is 0 Å². The number of carbonyl (C=O) groups is 2. The molecule has 3 aromatic rings. The summed E-state index contributed by atoms with van der Waals surface area (Å²) in [6, 6.07) is 17.9. The minimum absolute atomic E-state index is 0.130. The number of nitrogens with one attached hydrogen (secondary N) is 1. The molecule has 138 valence electrons. The van der Waals surface area contributed by atoms with Crippen LogP contribution in [-0.2, 0) is 0 Å². The van der Waals surface area contributed by atoms with E-state index in [1.807, 2.05) is 36.6 Å². The van der Waals surface area contributed by atoms with Gasteiger partial charge in [-0.15, -0.1) is 11.3 Å². The maximum absolute atomic E-state index is 12.9. The Balaban J connectivity index is 1.75. The number of thiophene rings is 1. The predicted molar refractivity (Wildman–Crippen MR) is 111 cm³/mol. The van der Waals surface area contributed by atoms with E-state index in [2.05, 4.69) is 5.32 Å². The first-order valence-corrected chi connectivity index (χ1v) is 9.69. The minimum atomic E-state index is -0.185. The van der Waals surface area contributed by atoms with Gasteiger partial charge in [0, 0.05) is 23.3 Å². The Bertz CT molecular complexity index is 956. The molecule has 27 heavy (non-hydrogen) atoms. The van der Waals surface area contributed by atoms with Gasteiger partial charge in [-0.1, -0.05) is 35.9 Å². The summed E-state index contributed by atoms with van der Waals surface area (Å²) in [5, 5.41) is 5.32. The average molecular weight is 399 g/mol. The van der Waals surface area contributed by atoms with Crippen molar-refractivity contribution in [2.24, 2.45) is 0 Å². The Morgan fingerprint density at radius 1 is 1.07 bits per heavy atom. The molecule has 0 fully saturated rings. The van der Waals surface area contributed by atoms with Crippen LogP contribution in [0.1, 0.15) is 38.6 Å². The van der Waals surface area contributed by atoms with Gasteiger partial charge in [0.1, 0.15) is 0 Å². The molecule has 1 atom stereocenters. The van der Waals surface area contributed by atoms with Gasteiger partial charge in [0.15, 0.2) is 0 Å². The van der Waals surface area contributed by atoms with Gasteiger partial charge in [-0.2, -0.15) is 0 Å². The summed E-state index contributed by atoms with van der Waals surface area (Å²) >= 11 is 7.43. The lowest BCUT2D eigenvalue weighted by Gasteiger charge is -2.25. The summed E-state index contributed by atoms with van der Waals surface area (Å²) < 4.78 is 0. The topological polar surface area (TPSA) is 49.4 Å². The van der Waals surface area contributed by atoms with E-state index in [1.54, 1.807) is 48.3 Å². The van der Waals surface area contributed by atoms with Crippen molar-refractivity contribution >= 4 is 40.4 Å². The molecule has 1 N–H and O–H groups in total. The van der Waals surface area contributed by atoms with Gasteiger partial charge in [-0.3, -0.25) is 9.59 Å². The number of benzene rings is 2. The van der Waals surface area contributed by atoms with Crippen LogP contribution in [-0.4, -0.2) is 23.8 Å². The molecule has 0 saturated heterocycles. The normalized spacial score (nSPS) is 11.7. The second kappa shape index (κ2) is 8.37. The molecular formula is C21H19ClN2O2S. The lowest BCUT2D eigenvalue weighted by atomic mass is 10.1. The fourth-order valence-electron chi connectivity index (χ4n) is 2.70. The highest BCUT2D eigenvalue weighted by Gasteiger charge is 2.19. The van der Waals surface area contributed by atoms with E-state index in [0.29, 0.717) is 21.2 Å². The van der Waals surface area contributed by atoms with Gasteiger partial charge in [0.2, 0.25) is 0 Å². The average Bonchev–Trinajstić information content (AvgIpc) is 3.21. The van der Waals surface area contributed by atoms with E-state index >= 15 is 0 Å². The lowest BCUT2D eigenvalue weighted by Crippen LogP contribution is -2.29. The molecule has 2 aromatic carbocycles. The molecule has 1 heterocycles. The zero-order chi connectivity index (χ0) is 19.4. The molecular weight excluding hydrogens is 380 g/mol. The van der Waals surface area contributed by atoms with Gasteiger partial charge in [0.25, 0.3) is 11.8 Å². The van der Waals surface area contributed by atoms with E-state index in [1.165, 1.54) is 11.3 Å². The molecule has 0 aliphatic carbocycles. The number of amides is 2. The fourth-order valence-corrected chi connectivity index (χ4v) is 3.52. The van der Waals surface area contributed by atoms with Crippen LogP contribution >= 0.6 is 22.9 Å². The maximum Gasteiger partial charge on any atom is 0.265 e. The fraction of sp³-hybridized carbons (Fsp3) is 0.143. The van der Waals surface area contributed by atoms with E-state index in [0.717, 1.165) is 5.56 Å². The van der Waals surface area contributed by atoms with E-state index in [-0.39, 0.29) is 17.9 Å². The predicted octanol–water partition coefficient (Wildman–Crippen LogP) is 5.49. The summed E-state index contributed by atoms with van der Waals surface area (Å²) in [5.41, 5.74) is 2.05. The molecule has 0 bridgehead atoms. The molecule has 4 nitrogen and oxygen atoms in total. The SMILES string of the molecule is CC(c1cccc(Cl)c1)N(C)C(=O)c1cccc(NC(=O)c2cccs2)c1. The van der Waals surface area contributed by atoms with Gasteiger partial charge in [-0.05, 0) is 54.3 Å². The largest absolute Gasteiger partial charge is 0.335 e. The quantitative estimate of drug-likeness (QED) is 0.618. The standard InChI is InChI=1S/C21H19ClN2O2S/c1-14(15-6-3-8-17(22)12-15)24(2)21(26)16-7-4-9-18(13-16)23-20(25)19-10-5-11-27-19/h3-14H,1-2H3,(H,23,25). The highest BCUT2D eigenvalue weighted by molar-refractivity contribution is 7.12. The Kier molecular flexibility index (Phi) is 5.94. The van der Waals surface area contributed by atoms with Crippen LogP contribution in [0.5, 0.6) is 0 Å². The van der Waals surface area contributed by atoms with Crippen molar-refractivity contribution in [2.75, 3.05) is 12.4 Å². The van der Waals surface area contributed by atoms with E-state index in [9.17, 15) is 9.59 Å². The van der Waals surface area contributed by atoms with Crippen molar-refractivity contribution < 1.29 is 9.59 Å². The summed E-state index contributed by atoms with van der Waals surface area (Å²) in [4.78, 5) is 27.4. The maximum atomic E-state index is 12.9.